The van der Waals surface area contributed by atoms with E-state index in [0.29, 0.717) is 0 Å². The molecule has 2 aromatic rings. The van der Waals surface area contributed by atoms with E-state index < -0.39 is 0 Å². The molecule has 0 radical (unpaired) electrons. The molecule has 0 saturated heterocycles. The Morgan fingerprint density at radius 3 is 2.85 bits per heavy atom. The van der Waals surface area contributed by atoms with E-state index in [-0.39, 0.29) is 0 Å². The van der Waals surface area contributed by atoms with Crippen LogP contribution in [0.5, 0.6) is 0 Å². The summed E-state index contributed by atoms with van der Waals surface area (Å²) in [7, 11) is 0. The Kier molecular flexibility index (Phi) is 6.09. The van der Waals surface area contributed by atoms with Crippen LogP contribution in [0.25, 0.3) is 10.9 Å². The van der Waals surface area contributed by atoms with Crippen molar-refractivity contribution < 1.29 is 4.74 Å². The molecule has 3 heteroatoms. The smallest absolute Gasteiger partial charge is 0.0645 e. The number of hydrogen-bond acceptors (Lipinski definition) is 2. The zero-order chi connectivity index (χ0) is 14.2. The fourth-order valence-corrected chi connectivity index (χ4v) is 2.34. The van der Waals surface area contributed by atoms with Crippen molar-refractivity contribution in [2.75, 3.05) is 19.8 Å². The van der Waals surface area contributed by atoms with Gasteiger partial charge in [-0.25, -0.2) is 0 Å². The minimum absolute atomic E-state index is 0.795. The first-order chi connectivity index (χ1) is 9.85. The SMILES string of the molecule is CCCCOCCn1ccc2cc(CNCC)ccc21. The first kappa shape index (κ1) is 15.1. The molecule has 0 spiro atoms. The molecule has 0 unspecified atom stereocenters. The molecule has 2 rings (SSSR count). The highest BCUT2D eigenvalue weighted by Gasteiger charge is 2.02. The Morgan fingerprint density at radius 1 is 1.15 bits per heavy atom. The minimum Gasteiger partial charge on any atom is -0.380 e. The van der Waals surface area contributed by atoms with Crippen LogP contribution in [0.3, 0.4) is 0 Å². The van der Waals surface area contributed by atoms with Crippen molar-refractivity contribution in [3.05, 3.63) is 36.0 Å². The summed E-state index contributed by atoms with van der Waals surface area (Å²) in [5.41, 5.74) is 2.64. The van der Waals surface area contributed by atoms with E-state index in [1.54, 1.807) is 0 Å². The zero-order valence-corrected chi connectivity index (χ0v) is 12.7. The summed E-state index contributed by atoms with van der Waals surface area (Å²) >= 11 is 0. The van der Waals surface area contributed by atoms with Crippen LogP contribution in [0.4, 0.5) is 0 Å². The molecule has 0 aliphatic heterocycles. The number of aromatic nitrogens is 1. The monoisotopic (exact) mass is 274 g/mol. The van der Waals surface area contributed by atoms with Gasteiger partial charge >= 0.3 is 0 Å². The van der Waals surface area contributed by atoms with E-state index in [1.807, 2.05) is 0 Å². The lowest BCUT2D eigenvalue weighted by molar-refractivity contribution is 0.124. The lowest BCUT2D eigenvalue weighted by Gasteiger charge is -2.07. The Hall–Kier alpha value is -1.32. The third kappa shape index (κ3) is 4.09. The minimum atomic E-state index is 0.795. The van der Waals surface area contributed by atoms with Crippen LogP contribution < -0.4 is 5.32 Å². The Balaban J connectivity index is 1.94. The van der Waals surface area contributed by atoms with Gasteiger partial charge in [-0.15, -0.1) is 0 Å². The zero-order valence-electron chi connectivity index (χ0n) is 12.7. The largest absolute Gasteiger partial charge is 0.380 e. The van der Waals surface area contributed by atoms with Crippen LogP contribution in [0, 0.1) is 0 Å². The van der Waals surface area contributed by atoms with Crippen LogP contribution in [0.2, 0.25) is 0 Å². The Bertz CT molecular complexity index is 519. The van der Waals surface area contributed by atoms with Crippen molar-refractivity contribution in [1.29, 1.82) is 0 Å². The van der Waals surface area contributed by atoms with Gasteiger partial charge in [-0.05, 0) is 42.1 Å². The van der Waals surface area contributed by atoms with Gasteiger partial charge < -0.3 is 14.6 Å². The molecule has 0 aliphatic rings. The average molecular weight is 274 g/mol. The highest BCUT2D eigenvalue weighted by Crippen LogP contribution is 2.17. The van der Waals surface area contributed by atoms with Gasteiger partial charge in [0, 0.05) is 31.4 Å². The van der Waals surface area contributed by atoms with Crippen molar-refractivity contribution in [3.8, 4) is 0 Å². The highest BCUT2D eigenvalue weighted by molar-refractivity contribution is 5.80. The predicted octanol–water partition coefficient (Wildman–Crippen LogP) is 3.57. The summed E-state index contributed by atoms with van der Waals surface area (Å²) in [6.07, 6.45) is 4.51. The van der Waals surface area contributed by atoms with Gasteiger partial charge in [-0.1, -0.05) is 26.3 Å². The molecular formula is C17H26N2O. The number of ether oxygens (including phenoxy) is 1. The molecule has 0 fully saturated rings. The first-order valence-corrected chi connectivity index (χ1v) is 7.71. The normalized spacial score (nSPS) is 11.3. The lowest BCUT2D eigenvalue weighted by atomic mass is 10.1. The van der Waals surface area contributed by atoms with Crippen LogP contribution in [0.15, 0.2) is 30.5 Å². The number of unbranched alkanes of at least 4 members (excludes halogenated alkanes) is 1. The van der Waals surface area contributed by atoms with Crippen molar-refractivity contribution in [3.63, 3.8) is 0 Å². The van der Waals surface area contributed by atoms with Crippen LogP contribution in [0.1, 0.15) is 32.3 Å². The summed E-state index contributed by atoms with van der Waals surface area (Å²) in [4.78, 5) is 0. The van der Waals surface area contributed by atoms with E-state index in [9.17, 15) is 0 Å². The lowest BCUT2D eigenvalue weighted by Crippen LogP contribution is -2.11. The summed E-state index contributed by atoms with van der Waals surface area (Å²) < 4.78 is 7.92. The van der Waals surface area contributed by atoms with Gasteiger partial charge in [-0.3, -0.25) is 0 Å². The molecule has 0 atom stereocenters. The Labute approximate surface area is 121 Å². The maximum Gasteiger partial charge on any atom is 0.0645 e. The quantitative estimate of drug-likeness (QED) is 0.708. The predicted molar refractivity (Wildman–Crippen MR) is 85.0 cm³/mol. The maximum atomic E-state index is 5.64. The molecule has 1 aromatic carbocycles. The molecule has 20 heavy (non-hydrogen) atoms. The summed E-state index contributed by atoms with van der Waals surface area (Å²) in [6, 6.07) is 8.89. The van der Waals surface area contributed by atoms with Crippen molar-refractivity contribution in [2.45, 2.75) is 39.8 Å². The number of hydrogen-bond donors (Lipinski definition) is 1. The molecular weight excluding hydrogens is 248 g/mol. The fraction of sp³-hybridized carbons (Fsp3) is 0.529. The van der Waals surface area contributed by atoms with Crippen LogP contribution >= 0.6 is 0 Å². The number of nitrogens with one attached hydrogen (secondary N) is 1. The van der Waals surface area contributed by atoms with Crippen LogP contribution in [-0.4, -0.2) is 24.3 Å². The molecule has 0 amide bonds. The summed E-state index contributed by atoms with van der Waals surface area (Å²) in [6.45, 7) is 8.87. The Morgan fingerprint density at radius 2 is 2.05 bits per heavy atom. The molecule has 0 aliphatic carbocycles. The van der Waals surface area contributed by atoms with Gasteiger partial charge in [0.25, 0.3) is 0 Å². The topological polar surface area (TPSA) is 26.2 Å². The molecule has 3 nitrogen and oxygen atoms in total. The van der Waals surface area contributed by atoms with Crippen molar-refractivity contribution in [2.24, 2.45) is 0 Å². The maximum absolute atomic E-state index is 5.64. The van der Waals surface area contributed by atoms with Gasteiger partial charge in [0.05, 0.1) is 6.61 Å². The van der Waals surface area contributed by atoms with E-state index in [1.165, 1.54) is 22.9 Å². The van der Waals surface area contributed by atoms with Gasteiger partial charge in [0.2, 0.25) is 0 Å². The van der Waals surface area contributed by atoms with Crippen LogP contribution in [-0.2, 0) is 17.8 Å². The van der Waals surface area contributed by atoms with Gasteiger partial charge in [-0.2, -0.15) is 0 Å². The van der Waals surface area contributed by atoms with E-state index >= 15 is 0 Å². The third-order valence-electron chi connectivity index (χ3n) is 3.53. The van der Waals surface area contributed by atoms with Gasteiger partial charge in [0.15, 0.2) is 0 Å². The van der Waals surface area contributed by atoms with E-state index in [2.05, 4.69) is 54.2 Å². The molecule has 1 heterocycles. The second kappa shape index (κ2) is 8.08. The standard InChI is InChI=1S/C17H26N2O/c1-3-5-11-20-12-10-19-9-8-16-13-15(14-18-4-2)6-7-17(16)19/h6-9,13,18H,3-5,10-12,14H2,1-2H3. The van der Waals surface area contributed by atoms with E-state index in [4.69, 9.17) is 4.74 Å². The average Bonchev–Trinajstić information content (AvgIpc) is 2.87. The summed E-state index contributed by atoms with van der Waals surface area (Å²) in [5, 5.41) is 4.68. The van der Waals surface area contributed by atoms with Gasteiger partial charge in [0.1, 0.15) is 0 Å². The molecule has 0 bridgehead atoms. The number of rotatable bonds is 9. The first-order valence-electron chi connectivity index (χ1n) is 7.71. The fourth-order valence-electron chi connectivity index (χ4n) is 2.34. The molecule has 1 aromatic heterocycles. The molecule has 0 saturated carbocycles. The second-order valence-electron chi connectivity index (χ2n) is 5.15. The molecule has 1 N–H and O–H groups in total. The second-order valence-corrected chi connectivity index (χ2v) is 5.15. The number of benzene rings is 1. The van der Waals surface area contributed by atoms with Crippen molar-refractivity contribution in [1.82, 2.24) is 9.88 Å². The molecule has 110 valence electrons. The van der Waals surface area contributed by atoms with Crippen molar-refractivity contribution >= 4 is 10.9 Å². The van der Waals surface area contributed by atoms with E-state index in [0.717, 1.165) is 39.3 Å². The number of fused-ring (bicyclic) bond motifs is 1. The number of nitrogens with zero attached hydrogens (tertiary/aromatic N) is 1. The summed E-state index contributed by atoms with van der Waals surface area (Å²) in [5.74, 6) is 0. The highest BCUT2D eigenvalue weighted by atomic mass is 16.5. The third-order valence-corrected chi connectivity index (χ3v) is 3.53.